The van der Waals surface area contributed by atoms with E-state index in [4.69, 9.17) is 4.74 Å². The van der Waals surface area contributed by atoms with Crippen LogP contribution in [0.1, 0.15) is 16.8 Å². The minimum Gasteiger partial charge on any atom is -0.506 e. The lowest BCUT2D eigenvalue weighted by Gasteiger charge is -2.13. The average molecular weight is 274 g/mol. The predicted molar refractivity (Wildman–Crippen MR) is 76.9 cm³/mol. The lowest BCUT2D eigenvalue weighted by molar-refractivity contribution is 0.279. The van der Waals surface area contributed by atoms with Gasteiger partial charge in [0, 0.05) is 29.6 Å². The summed E-state index contributed by atoms with van der Waals surface area (Å²) in [5, 5.41) is 22.5. The van der Waals surface area contributed by atoms with Gasteiger partial charge in [-0.25, -0.2) is 0 Å². The van der Waals surface area contributed by atoms with Crippen molar-refractivity contribution in [1.29, 1.82) is 0 Å². The zero-order chi connectivity index (χ0) is 14.5. The third-order valence-corrected chi connectivity index (χ3v) is 3.16. The zero-order valence-corrected chi connectivity index (χ0v) is 11.6. The van der Waals surface area contributed by atoms with Gasteiger partial charge in [0.15, 0.2) is 0 Å². The van der Waals surface area contributed by atoms with Crippen LogP contribution in [0.25, 0.3) is 0 Å². The Bertz CT molecular complexity index is 582. The third-order valence-electron chi connectivity index (χ3n) is 3.16. The van der Waals surface area contributed by atoms with Crippen LogP contribution in [-0.2, 0) is 13.2 Å². The molecule has 0 spiro atoms. The van der Waals surface area contributed by atoms with Gasteiger partial charge >= 0.3 is 0 Å². The molecular weight excluding hydrogens is 256 g/mol. The van der Waals surface area contributed by atoms with Gasteiger partial charge in [-0.15, -0.1) is 0 Å². The van der Waals surface area contributed by atoms with E-state index in [-0.39, 0.29) is 12.4 Å². The topological polar surface area (TPSA) is 74.6 Å². The molecule has 0 radical (unpaired) electrons. The Morgan fingerprint density at radius 1 is 1.25 bits per heavy atom. The van der Waals surface area contributed by atoms with Crippen LogP contribution in [0.15, 0.2) is 30.5 Å². The Morgan fingerprint density at radius 2 is 1.95 bits per heavy atom. The summed E-state index contributed by atoms with van der Waals surface area (Å²) < 4.78 is 5.09. The van der Waals surface area contributed by atoms with Crippen molar-refractivity contribution in [2.75, 3.05) is 12.4 Å². The average Bonchev–Trinajstić information content (AvgIpc) is 2.49. The number of rotatable bonds is 5. The van der Waals surface area contributed by atoms with Gasteiger partial charge in [-0.2, -0.15) is 0 Å². The van der Waals surface area contributed by atoms with Crippen molar-refractivity contribution in [3.8, 4) is 11.5 Å². The van der Waals surface area contributed by atoms with Crippen molar-refractivity contribution in [1.82, 2.24) is 4.98 Å². The maximum absolute atomic E-state index is 10.0. The highest BCUT2D eigenvalue weighted by atomic mass is 16.5. The van der Waals surface area contributed by atoms with Gasteiger partial charge in [-0.3, -0.25) is 4.98 Å². The number of methoxy groups -OCH3 is 1. The Morgan fingerprint density at radius 3 is 2.55 bits per heavy atom. The maximum atomic E-state index is 10.0. The van der Waals surface area contributed by atoms with Crippen molar-refractivity contribution in [2.24, 2.45) is 0 Å². The molecule has 5 heteroatoms. The number of anilines is 1. The smallest absolute Gasteiger partial charge is 0.142 e. The van der Waals surface area contributed by atoms with Crippen molar-refractivity contribution in [3.05, 3.63) is 47.3 Å². The summed E-state index contributed by atoms with van der Waals surface area (Å²) in [6.45, 7) is 1.99. The summed E-state index contributed by atoms with van der Waals surface area (Å²) in [4.78, 5) is 4.03. The second-order valence-corrected chi connectivity index (χ2v) is 4.44. The van der Waals surface area contributed by atoms with Gasteiger partial charge in [-0.05, 0) is 31.2 Å². The molecule has 3 N–H and O–H groups in total. The van der Waals surface area contributed by atoms with Crippen molar-refractivity contribution < 1.29 is 14.9 Å². The van der Waals surface area contributed by atoms with Crippen molar-refractivity contribution in [3.63, 3.8) is 0 Å². The molecule has 5 nitrogen and oxygen atoms in total. The molecular formula is C15H18N2O3. The highest BCUT2D eigenvalue weighted by molar-refractivity contribution is 5.49. The molecule has 0 unspecified atom stereocenters. The van der Waals surface area contributed by atoms with Crippen LogP contribution in [0.3, 0.4) is 0 Å². The Hall–Kier alpha value is -2.27. The number of nitrogens with zero attached hydrogens (tertiary/aromatic N) is 1. The minimum atomic E-state index is -0.152. The van der Waals surface area contributed by atoms with Crippen molar-refractivity contribution in [2.45, 2.75) is 20.1 Å². The molecule has 0 aliphatic carbocycles. The number of hydrogen-bond acceptors (Lipinski definition) is 5. The predicted octanol–water partition coefficient (Wildman–Crippen LogP) is 2.21. The molecule has 2 aromatic rings. The lowest BCUT2D eigenvalue weighted by atomic mass is 10.1. The largest absolute Gasteiger partial charge is 0.506 e. The number of aliphatic hydroxyl groups excluding tert-OH is 1. The van der Waals surface area contributed by atoms with Gasteiger partial charge in [-0.1, -0.05) is 0 Å². The van der Waals surface area contributed by atoms with Gasteiger partial charge in [0.05, 0.1) is 19.4 Å². The van der Waals surface area contributed by atoms with E-state index in [9.17, 15) is 10.2 Å². The number of aryl methyl sites for hydroxylation is 1. The van der Waals surface area contributed by atoms with E-state index in [1.165, 1.54) is 0 Å². The van der Waals surface area contributed by atoms with E-state index < -0.39 is 0 Å². The number of nitrogens with one attached hydrogen (secondary N) is 1. The fourth-order valence-electron chi connectivity index (χ4n) is 1.92. The Labute approximate surface area is 117 Å². The highest BCUT2D eigenvalue weighted by Crippen LogP contribution is 2.25. The number of benzene rings is 1. The molecule has 0 aliphatic heterocycles. The quantitative estimate of drug-likeness (QED) is 0.779. The second kappa shape index (κ2) is 6.25. The van der Waals surface area contributed by atoms with Gasteiger partial charge < -0.3 is 20.3 Å². The summed E-state index contributed by atoms with van der Waals surface area (Å²) in [7, 11) is 1.62. The van der Waals surface area contributed by atoms with Crippen LogP contribution >= 0.6 is 0 Å². The van der Waals surface area contributed by atoms with E-state index in [2.05, 4.69) is 10.3 Å². The fourth-order valence-corrected chi connectivity index (χ4v) is 1.92. The first kappa shape index (κ1) is 14.1. The van der Waals surface area contributed by atoms with Gasteiger partial charge in [0.1, 0.15) is 11.5 Å². The first-order valence-corrected chi connectivity index (χ1v) is 6.30. The summed E-state index contributed by atoms with van der Waals surface area (Å²) in [5.74, 6) is 0.909. The summed E-state index contributed by atoms with van der Waals surface area (Å²) >= 11 is 0. The Kier molecular flexibility index (Phi) is 4.42. The first-order chi connectivity index (χ1) is 9.65. The molecule has 1 aromatic heterocycles. The second-order valence-electron chi connectivity index (χ2n) is 4.44. The van der Waals surface area contributed by atoms with E-state index >= 15 is 0 Å². The van der Waals surface area contributed by atoms with Crippen LogP contribution in [0.4, 0.5) is 5.69 Å². The maximum Gasteiger partial charge on any atom is 0.142 e. The molecule has 0 bridgehead atoms. The summed E-state index contributed by atoms with van der Waals surface area (Å²) in [6.07, 6.45) is 1.58. The fraction of sp³-hybridized carbons (Fsp3) is 0.267. The first-order valence-electron chi connectivity index (χ1n) is 6.30. The van der Waals surface area contributed by atoms with E-state index in [1.54, 1.807) is 20.2 Å². The van der Waals surface area contributed by atoms with E-state index in [0.717, 1.165) is 11.4 Å². The molecule has 20 heavy (non-hydrogen) atoms. The minimum absolute atomic E-state index is 0.123. The third kappa shape index (κ3) is 3.00. The normalized spacial score (nSPS) is 10.3. The van der Waals surface area contributed by atoms with Crippen molar-refractivity contribution >= 4 is 5.69 Å². The molecule has 0 saturated heterocycles. The van der Waals surface area contributed by atoms with E-state index in [0.29, 0.717) is 23.4 Å². The zero-order valence-electron chi connectivity index (χ0n) is 11.6. The molecule has 1 aromatic carbocycles. The van der Waals surface area contributed by atoms with Crippen LogP contribution in [0.5, 0.6) is 11.5 Å². The molecule has 0 amide bonds. The standard InChI is InChI=1S/C15H18N2O3/c1-10-15(19)14(11(9-18)7-16-10)8-17-12-3-5-13(20-2)6-4-12/h3-7,17-19H,8-9H2,1-2H3. The molecule has 0 atom stereocenters. The van der Waals surface area contributed by atoms with Crippen LogP contribution in [0.2, 0.25) is 0 Å². The van der Waals surface area contributed by atoms with Crippen LogP contribution in [0, 0.1) is 6.92 Å². The molecule has 106 valence electrons. The molecule has 0 fully saturated rings. The number of aromatic hydroxyl groups is 1. The number of hydrogen-bond donors (Lipinski definition) is 3. The summed E-state index contributed by atoms with van der Waals surface area (Å²) in [5.41, 5.74) is 2.74. The molecule has 2 rings (SSSR count). The monoisotopic (exact) mass is 274 g/mol. The highest BCUT2D eigenvalue weighted by Gasteiger charge is 2.11. The van der Waals surface area contributed by atoms with Gasteiger partial charge in [0.2, 0.25) is 0 Å². The van der Waals surface area contributed by atoms with E-state index in [1.807, 2.05) is 24.3 Å². The van der Waals surface area contributed by atoms with Gasteiger partial charge in [0.25, 0.3) is 0 Å². The molecule has 0 aliphatic rings. The molecule has 1 heterocycles. The number of aromatic nitrogens is 1. The number of pyridine rings is 1. The lowest BCUT2D eigenvalue weighted by Crippen LogP contribution is -2.05. The Balaban J connectivity index is 2.15. The molecule has 0 saturated carbocycles. The summed E-state index contributed by atoms with van der Waals surface area (Å²) in [6, 6.07) is 7.49. The van der Waals surface area contributed by atoms with Crippen LogP contribution < -0.4 is 10.1 Å². The SMILES string of the molecule is COc1ccc(NCc2c(CO)cnc(C)c2O)cc1. The number of aliphatic hydroxyl groups is 1. The van der Waals surface area contributed by atoms with Crippen LogP contribution in [-0.4, -0.2) is 22.3 Å². The number of ether oxygens (including phenoxy) is 1.